The molecule has 0 aromatic carbocycles. The summed E-state index contributed by atoms with van der Waals surface area (Å²) in [6.45, 7) is 9.65. The molecule has 0 bridgehead atoms. The summed E-state index contributed by atoms with van der Waals surface area (Å²) in [6, 6.07) is 2.61. The number of piperazine rings is 1. The molecular weight excluding hydrogens is 238 g/mol. The van der Waals surface area contributed by atoms with E-state index in [2.05, 4.69) is 47.9 Å². The molecule has 0 radical (unpaired) electrons. The summed E-state index contributed by atoms with van der Waals surface area (Å²) in [7, 11) is 4.09. The van der Waals surface area contributed by atoms with Crippen molar-refractivity contribution in [3.63, 3.8) is 0 Å². The Bertz CT molecular complexity index is 432. The molecule has 1 atom stereocenters. The Morgan fingerprint density at radius 3 is 2.63 bits per heavy atom. The summed E-state index contributed by atoms with van der Waals surface area (Å²) in [5.74, 6) is 3.20. The molecule has 1 aliphatic heterocycles. The van der Waals surface area contributed by atoms with Crippen molar-refractivity contribution >= 4 is 11.6 Å². The molecule has 1 aromatic rings. The zero-order valence-electron chi connectivity index (χ0n) is 12.6. The lowest BCUT2D eigenvalue weighted by Crippen LogP contribution is -2.50. The van der Waals surface area contributed by atoms with E-state index in [0.29, 0.717) is 12.0 Å². The Hall–Kier alpha value is -1.36. The molecule has 1 aliphatic rings. The van der Waals surface area contributed by atoms with Crippen LogP contribution in [0, 0.1) is 0 Å². The molecule has 19 heavy (non-hydrogen) atoms. The minimum Gasteiger partial charge on any atom is -0.373 e. The van der Waals surface area contributed by atoms with Crippen LogP contribution in [0.25, 0.3) is 0 Å². The van der Waals surface area contributed by atoms with Gasteiger partial charge in [-0.3, -0.25) is 0 Å². The second kappa shape index (κ2) is 5.74. The van der Waals surface area contributed by atoms with Gasteiger partial charge in [0.15, 0.2) is 0 Å². The van der Waals surface area contributed by atoms with Crippen LogP contribution in [0.3, 0.4) is 0 Å². The van der Waals surface area contributed by atoms with E-state index in [1.165, 1.54) is 0 Å². The first-order valence-corrected chi connectivity index (χ1v) is 7.03. The van der Waals surface area contributed by atoms with Crippen LogP contribution in [0.2, 0.25) is 0 Å². The second-order valence-electron chi connectivity index (χ2n) is 5.65. The first-order valence-electron chi connectivity index (χ1n) is 7.03. The van der Waals surface area contributed by atoms with Crippen molar-refractivity contribution in [2.45, 2.75) is 32.7 Å². The first-order chi connectivity index (χ1) is 9.01. The molecule has 1 unspecified atom stereocenters. The van der Waals surface area contributed by atoms with E-state index in [9.17, 15) is 0 Å². The molecular formula is C14H25N5. The van der Waals surface area contributed by atoms with Crippen molar-refractivity contribution in [3.05, 3.63) is 11.9 Å². The van der Waals surface area contributed by atoms with Gasteiger partial charge < -0.3 is 15.1 Å². The SMILES string of the molecule is CNc1cc(N2CCN(C)C(C)C2)nc(C(C)C)n1. The second-order valence-corrected chi connectivity index (χ2v) is 5.65. The minimum atomic E-state index is 0.344. The third-order valence-corrected chi connectivity index (χ3v) is 3.79. The van der Waals surface area contributed by atoms with Gasteiger partial charge in [0.05, 0.1) is 0 Å². The van der Waals surface area contributed by atoms with Gasteiger partial charge in [0.2, 0.25) is 0 Å². The van der Waals surface area contributed by atoms with Gasteiger partial charge in [-0.05, 0) is 14.0 Å². The van der Waals surface area contributed by atoms with Crippen LogP contribution >= 0.6 is 0 Å². The van der Waals surface area contributed by atoms with E-state index in [1.807, 2.05) is 13.1 Å². The fourth-order valence-electron chi connectivity index (χ4n) is 2.26. The number of hydrogen-bond donors (Lipinski definition) is 1. The van der Waals surface area contributed by atoms with E-state index in [-0.39, 0.29) is 0 Å². The first kappa shape index (κ1) is 14.1. The topological polar surface area (TPSA) is 44.3 Å². The predicted molar refractivity (Wildman–Crippen MR) is 80.0 cm³/mol. The maximum Gasteiger partial charge on any atom is 0.135 e. The Morgan fingerprint density at radius 1 is 1.32 bits per heavy atom. The maximum atomic E-state index is 4.72. The van der Waals surface area contributed by atoms with Gasteiger partial charge in [-0.25, -0.2) is 9.97 Å². The van der Waals surface area contributed by atoms with Crippen LogP contribution in [0.15, 0.2) is 6.07 Å². The highest BCUT2D eigenvalue weighted by atomic mass is 15.3. The summed E-state index contributed by atoms with van der Waals surface area (Å²) in [6.07, 6.45) is 0. The highest BCUT2D eigenvalue weighted by Crippen LogP contribution is 2.22. The summed E-state index contributed by atoms with van der Waals surface area (Å²) in [4.78, 5) is 14.0. The minimum absolute atomic E-state index is 0.344. The summed E-state index contributed by atoms with van der Waals surface area (Å²) in [5, 5.41) is 3.13. The van der Waals surface area contributed by atoms with E-state index in [0.717, 1.165) is 37.1 Å². The van der Waals surface area contributed by atoms with Crippen LogP contribution in [0.1, 0.15) is 32.5 Å². The molecule has 0 saturated carbocycles. The number of aromatic nitrogens is 2. The highest BCUT2D eigenvalue weighted by molar-refractivity contribution is 5.50. The van der Waals surface area contributed by atoms with Gasteiger partial charge in [-0.2, -0.15) is 0 Å². The monoisotopic (exact) mass is 263 g/mol. The van der Waals surface area contributed by atoms with E-state index < -0.39 is 0 Å². The normalized spacial score (nSPS) is 20.9. The van der Waals surface area contributed by atoms with Crippen molar-refractivity contribution in [1.29, 1.82) is 0 Å². The standard InChI is InChI=1S/C14H25N5/c1-10(2)14-16-12(15-4)8-13(17-14)19-7-6-18(5)11(3)9-19/h8,10-11H,6-7,9H2,1-5H3,(H,15,16,17). The molecule has 1 aromatic heterocycles. The van der Waals surface area contributed by atoms with Crippen LogP contribution in [0.4, 0.5) is 11.6 Å². The molecule has 2 rings (SSSR count). The lowest BCUT2D eigenvalue weighted by molar-refractivity contribution is 0.233. The summed E-state index contributed by atoms with van der Waals surface area (Å²) >= 11 is 0. The van der Waals surface area contributed by atoms with Gasteiger partial charge in [-0.1, -0.05) is 13.8 Å². The summed E-state index contributed by atoms with van der Waals surface area (Å²) < 4.78 is 0. The van der Waals surface area contributed by atoms with Gasteiger partial charge in [0.25, 0.3) is 0 Å². The molecule has 1 fully saturated rings. The molecule has 106 valence electrons. The average molecular weight is 263 g/mol. The van der Waals surface area contributed by atoms with Gasteiger partial charge in [0.1, 0.15) is 17.5 Å². The van der Waals surface area contributed by atoms with Gasteiger partial charge in [0, 0.05) is 44.7 Å². The van der Waals surface area contributed by atoms with Crippen molar-refractivity contribution in [2.24, 2.45) is 0 Å². The Labute approximate surface area is 116 Å². The van der Waals surface area contributed by atoms with Crippen LogP contribution in [0.5, 0.6) is 0 Å². The number of rotatable bonds is 3. The fourth-order valence-corrected chi connectivity index (χ4v) is 2.26. The predicted octanol–water partition coefficient (Wildman–Crippen LogP) is 1.78. The third kappa shape index (κ3) is 3.15. The molecule has 2 heterocycles. The number of anilines is 2. The van der Waals surface area contributed by atoms with Crippen LogP contribution in [-0.4, -0.2) is 54.6 Å². The van der Waals surface area contributed by atoms with Gasteiger partial charge in [-0.15, -0.1) is 0 Å². The van der Waals surface area contributed by atoms with Crippen LogP contribution in [-0.2, 0) is 0 Å². The number of nitrogens with one attached hydrogen (secondary N) is 1. The molecule has 1 saturated heterocycles. The highest BCUT2D eigenvalue weighted by Gasteiger charge is 2.22. The molecule has 0 spiro atoms. The zero-order valence-corrected chi connectivity index (χ0v) is 12.6. The molecule has 5 nitrogen and oxygen atoms in total. The Kier molecular flexibility index (Phi) is 4.24. The van der Waals surface area contributed by atoms with Crippen molar-refractivity contribution in [1.82, 2.24) is 14.9 Å². The lowest BCUT2D eigenvalue weighted by Gasteiger charge is -2.38. The Morgan fingerprint density at radius 2 is 2.05 bits per heavy atom. The lowest BCUT2D eigenvalue weighted by atomic mass is 10.2. The van der Waals surface area contributed by atoms with Crippen molar-refractivity contribution < 1.29 is 0 Å². The summed E-state index contributed by atoms with van der Waals surface area (Å²) in [5.41, 5.74) is 0. The molecule has 0 aliphatic carbocycles. The average Bonchev–Trinajstić information content (AvgIpc) is 2.41. The quantitative estimate of drug-likeness (QED) is 0.900. The van der Waals surface area contributed by atoms with E-state index in [1.54, 1.807) is 0 Å². The van der Waals surface area contributed by atoms with Crippen molar-refractivity contribution in [3.8, 4) is 0 Å². The van der Waals surface area contributed by atoms with Gasteiger partial charge >= 0.3 is 0 Å². The number of nitrogens with zero attached hydrogens (tertiary/aromatic N) is 4. The fraction of sp³-hybridized carbons (Fsp3) is 0.714. The Balaban J connectivity index is 2.26. The third-order valence-electron chi connectivity index (χ3n) is 3.79. The largest absolute Gasteiger partial charge is 0.373 e. The number of likely N-dealkylation sites (N-methyl/N-ethyl adjacent to an activating group) is 1. The van der Waals surface area contributed by atoms with Crippen molar-refractivity contribution in [2.75, 3.05) is 43.9 Å². The van der Waals surface area contributed by atoms with E-state index >= 15 is 0 Å². The maximum absolute atomic E-state index is 4.72. The van der Waals surface area contributed by atoms with Crippen LogP contribution < -0.4 is 10.2 Å². The molecule has 0 amide bonds. The van der Waals surface area contributed by atoms with E-state index in [4.69, 9.17) is 4.98 Å². The number of hydrogen-bond acceptors (Lipinski definition) is 5. The zero-order chi connectivity index (χ0) is 14.0. The molecule has 1 N–H and O–H groups in total. The molecule has 5 heteroatoms. The smallest absolute Gasteiger partial charge is 0.135 e.